The van der Waals surface area contributed by atoms with Crippen LogP contribution in [0.4, 0.5) is 13.2 Å². The predicted octanol–water partition coefficient (Wildman–Crippen LogP) is 4.71. The number of hydrogen-bond donors (Lipinski definition) is 1. The summed E-state index contributed by atoms with van der Waals surface area (Å²) in [4.78, 5) is 0. The highest BCUT2D eigenvalue weighted by Gasteiger charge is 2.31. The molecule has 0 fully saturated rings. The van der Waals surface area contributed by atoms with E-state index in [-0.39, 0.29) is 0 Å². The smallest absolute Gasteiger partial charge is 0.384 e. The van der Waals surface area contributed by atoms with Crippen molar-refractivity contribution < 1.29 is 18.3 Å². The van der Waals surface area contributed by atoms with E-state index < -0.39 is 17.8 Å². The first-order valence-corrected chi connectivity index (χ1v) is 6.63. The van der Waals surface area contributed by atoms with E-state index in [2.05, 4.69) is 0 Å². The van der Waals surface area contributed by atoms with Crippen molar-refractivity contribution in [2.45, 2.75) is 33.1 Å². The number of hydrogen-bond acceptors (Lipinski definition) is 1. The Hall–Kier alpha value is -1.81. The van der Waals surface area contributed by atoms with Gasteiger partial charge in [0.05, 0.1) is 5.56 Å². The second-order valence-electron chi connectivity index (χ2n) is 5.33. The zero-order valence-electron chi connectivity index (χ0n) is 12.1. The van der Waals surface area contributed by atoms with Gasteiger partial charge in [-0.3, -0.25) is 0 Å². The molecule has 112 valence electrons. The number of rotatable bonds is 2. The summed E-state index contributed by atoms with van der Waals surface area (Å²) in [5, 5.41) is 10.5. The minimum absolute atomic E-state index is 0.428. The van der Waals surface area contributed by atoms with E-state index in [4.69, 9.17) is 0 Å². The molecule has 21 heavy (non-hydrogen) atoms. The van der Waals surface area contributed by atoms with Crippen molar-refractivity contribution >= 4 is 0 Å². The van der Waals surface area contributed by atoms with Gasteiger partial charge in [-0.2, -0.15) is 13.2 Å². The van der Waals surface area contributed by atoms with E-state index in [1.807, 2.05) is 32.0 Å². The van der Waals surface area contributed by atoms with Crippen LogP contribution in [0.25, 0.3) is 0 Å². The molecule has 0 aromatic heterocycles. The molecule has 0 amide bonds. The molecule has 0 radical (unpaired) electrons. The molecule has 2 aromatic rings. The van der Waals surface area contributed by atoms with Gasteiger partial charge in [-0.15, -0.1) is 0 Å². The molecule has 0 spiro atoms. The summed E-state index contributed by atoms with van der Waals surface area (Å²) < 4.78 is 38.0. The second kappa shape index (κ2) is 5.53. The molecule has 1 nitrogen and oxygen atoms in total. The van der Waals surface area contributed by atoms with Crippen LogP contribution in [0.2, 0.25) is 0 Å². The van der Waals surface area contributed by atoms with E-state index in [9.17, 15) is 18.3 Å². The fourth-order valence-electron chi connectivity index (χ4n) is 2.46. The first-order valence-electron chi connectivity index (χ1n) is 6.63. The highest BCUT2D eigenvalue weighted by atomic mass is 19.4. The van der Waals surface area contributed by atoms with Crippen LogP contribution >= 0.6 is 0 Å². The lowest BCUT2D eigenvalue weighted by Gasteiger charge is -2.18. The summed E-state index contributed by atoms with van der Waals surface area (Å²) in [6.07, 6.45) is -5.29. The summed E-state index contributed by atoms with van der Waals surface area (Å²) in [6.45, 7) is 5.41. The van der Waals surface area contributed by atoms with Crippen LogP contribution in [0.5, 0.6) is 0 Å². The van der Waals surface area contributed by atoms with Crippen LogP contribution in [0.1, 0.15) is 39.5 Å². The summed E-state index contributed by atoms with van der Waals surface area (Å²) in [7, 11) is 0. The Morgan fingerprint density at radius 3 is 1.86 bits per heavy atom. The number of aryl methyl sites for hydroxylation is 3. The normalized spacial score (nSPS) is 13.3. The molecule has 0 saturated heterocycles. The maximum atomic E-state index is 12.7. The van der Waals surface area contributed by atoms with Gasteiger partial charge < -0.3 is 5.11 Å². The summed E-state index contributed by atoms with van der Waals surface area (Å²) in [5.74, 6) is 0. The third-order valence-electron chi connectivity index (χ3n) is 3.61. The highest BCUT2D eigenvalue weighted by Crippen LogP contribution is 2.33. The SMILES string of the molecule is Cc1ccc(C(O)c2ccc(C(F)(F)F)cc2C)c(C)c1. The summed E-state index contributed by atoms with van der Waals surface area (Å²) in [6, 6.07) is 9.06. The summed E-state index contributed by atoms with van der Waals surface area (Å²) in [5.41, 5.74) is 2.93. The van der Waals surface area contributed by atoms with Gasteiger partial charge in [-0.1, -0.05) is 29.8 Å². The number of halogens is 3. The molecule has 4 heteroatoms. The van der Waals surface area contributed by atoms with Crippen LogP contribution in [-0.2, 0) is 6.18 Å². The monoisotopic (exact) mass is 294 g/mol. The Balaban J connectivity index is 2.42. The zero-order valence-corrected chi connectivity index (χ0v) is 12.1. The molecule has 2 rings (SSSR count). The number of aliphatic hydroxyl groups excluding tert-OH is 1. The molecule has 2 aromatic carbocycles. The molecule has 0 aliphatic rings. The lowest BCUT2D eigenvalue weighted by Crippen LogP contribution is -2.09. The van der Waals surface area contributed by atoms with Gasteiger partial charge in [0.1, 0.15) is 6.10 Å². The van der Waals surface area contributed by atoms with Crippen LogP contribution in [0.15, 0.2) is 36.4 Å². The van der Waals surface area contributed by atoms with E-state index >= 15 is 0 Å². The van der Waals surface area contributed by atoms with Crippen molar-refractivity contribution in [3.63, 3.8) is 0 Å². The third-order valence-corrected chi connectivity index (χ3v) is 3.61. The fourth-order valence-corrected chi connectivity index (χ4v) is 2.46. The highest BCUT2D eigenvalue weighted by molar-refractivity contribution is 5.42. The van der Waals surface area contributed by atoms with Crippen molar-refractivity contribution in [1.82, 2.24) is 0 Å². The molecular formula is C17H17F3O. The van der Waals surface area contributed by atoms with E-state index in [0.29, 0.717) is 16.7 Å². The molecule has 0 saturated carbocycles. The lowest BCUT2D eigenvalue weighted by atomic mass is 9.92. The Morgan fingerprint density at radius 1 is 0.857 bits per heavy atom. The Labute approximate surface area is 122 Å². The quantitative estimate of drug-likeness (QED) is 0.850. The Kier molecular flexibility index (Phi) is 4.10. The van der Waals surface area contributed by atoms with Crippen LogP contribution < -0.4 is 0 Å². The van der Waals surface area contributed by atoms with Gasteiger partial charge in [0.15, 0.2) is 0 Å². The maximum absolute atomic E-state index is 12.7. The third kappa shape index (κ3) is 3.27. The van der Waals surface area contributed by atoms with Crippen LogP contribution in [-0.4, -0.2) is 5.11 Å². The summed E-state index contributed by atoms with van der Waals surface area (Å²) >= 11 is 0. The minimum Gasteiger partial charge on any atom is -0.384 e. The molecule has 0 aliphatic heterocycles. The zero-order chi connectivity index (χ0) is 15.8. The van der Waals surface area contributed by atoms with Crippen LogP contribution in [0.3, 0.4) is 0 Å². The molecule has 1 N–H and O–H groups in total. The molecule has 0 aliphatic carbocycles. The average molecular weight is 294 g/mol. The second-order valence-corrected chi connectivity index (χ2v) is 5.33. The fraction of sp³-hybridized carbons (Fsp3) is 0.294. The predicted molar refractivity (Wildman–Crippen MR) is 76.2 cm³/mol. The number of aliphatic hydroxyl groups is 1. The van der Waals surface area contributed by atoms with Gasteiger partial charge in [0.25, 0.3) is 0 Å². The van der Waals surface area contributed by atoms with Crippen molar-refractivity contribution in [2.75, 3.05) is 0 Å². The van der Waals surface area contributed by atoms with E-state index in [0.717, 1.165) is 23.3 Å². The van der Waals surface area contributed by atoms with Gasteiger partial charge >= 0.3 is 6.18 Å². The van der Waals surface area contributed by atoms with Crippen molar-refractivity contribution in [1.29, 1.82) is 0 Å². The molecule has 0 bridgehead atoms. The van der Waals surface area contributed by atoms with Gasteiger partial charge in [0.2, 0.25) is 0 Å². The number of alkyl halides is 3. The van der Waals surface area contributed by atoms with E-state index in [1.165, 1.54) is 6.07 Å². The topological polar surface area (TPSA) is 20.2 Å². The van der Waals surface area contributed by atoms with Crippen molar-refractivity contribution in [3.05, 3.63) is 69.8 Å². The standard InChI is InChI=1S/C17H17F3O/c1-10-4-6-14(11(2)8-10)16(21)15-7-5-13(9-12(15)3)17(18,19)20/h4-9,16,21H,1-3H3. The number of benzene rings is 2. The average Bonchev–Trinajstić information content (AvgIpc) is 2.36. The lowest BCUT2D eigenvalue weighted by molar-refractivity contribution is -0.137. The Morgan fingerprint density at radius 2 is 1.38 bits per heavy atom. The van der Waals surface area contributed by atoms with Gasteiger partial charge in [-0.05, 0) is 55.2 Å². The Bertz CT molecular complexity index is 660. The molecule has 0 heterocycles. The molecular weight excluding hydrogens is 277 g/mol. The van der Waals surface area contributed by atoms with Crippen LogP contribution in [0, 0.1) is 20.8 Å². The molecule has 1 atom stereocenters. The maximum Gasteiger partial charge on any atom is 0.416 e. The van der Waals surface area contributed by atoms with Gasteiger partial charge in [0, 0.05) is 0 Å². The first kappa shape index (κ1) is 15.6. The van der Waals surface area contributed by atoms with Gasteiger partial charge in [-0.25, -0.2) is 0 Å². The van der Waals surface area contributed by atoms with E-state index in [1.54, 1.807) is 6.92 Å². The molecule has 1 unspecified atom stereocenters. The largest absolute Gasteiger partial charge is 0.416 e. The van der Waals surface area contributed by atoms with Crippen molar-refractivity contribution in [3.8, 4) is 0 Å². The first-order chi connectivity index (χ1) is 9.70. The minimum atomic E-state index is -4.37. The van der Waals surface area contributed by atoms with Crippen molar-refractivity contribution in [2.24, 2.45) is 0 Å².